The Labute approximate surface area is 239 Å². The van der Waals surface area contributed by atoms with Crippen LogP contribution in [0.4, 0.5) is 0 Å². The summed E-state index contributed by atoms with van der Waals surface area (Å²) in [6, 6.07) is 8.76. The smallest absolute Gasteiger partial charge is 0.272 e. The van der Waals surface area contributed by atoms with E-state index in [0.717, 1.165) is 75.0 Å². The van der Waals surface area contributed by atoms with Crippen molar-refractivity contribution >= 4 is 15.9 Å². The maximum atomic E-state index is 13.6. The zero-order valence-corrected chi connectivity index (χ0v) is 25.1. The molecule has 0 bridgehead atoms. The molecule has 0 N–H and O–H groups in total. The van der Waals surface area contributed by atoms with Crippen LogP contribution in [0.15, 0.2) is 24.3 Å². The minimum Gasteiger partial charge on any atom is -0.493 e. The molecule has 0 saturated carbocycles. The van der Waals surface area contributed by atoms with Crippen LogP contribution in [-0.2, 0) is 22.9 Å². The van der Waals surface area contributed by atoms with Gasteiger partial charge in [0.1, 0.15) is 17.3 Å². The summed E-state index contributed by atoms with van der Waals surface area (Å²) in [7, 11) is -1.48. The van der Waals surface area contributed by atoms with E-state index in [4.69, 9.17) is 9.72 Å². The summed E-state index contributed by atoms with van der Waals surface area (Å²) in [4.78, 5) is 27.4. The number of benzene rings is 1. The Kier molecular flexibility index (Phi) is 8.78. The molecular formula is C30H43N5O4S. The zero-order chi connectivity index (χ0) is 28.4. The Morgan fingerprint density at radius 2 is 1.75 bits per heavy atom. The van der Waals surface area contributed by atoms with E-state index in [1.165, 1.54) is 16.1 Å². The van der Waals surface area contributed by atoms with Crippen LogP contribution in [0.5, 0.6) is 5.75 Å². The van der Waals surface area contributed by atoms with Crippen LogP contribution < -0.4 is 4.74 Å². The lowest BCUT2D eigenvalue weighted by molar-refractivity contribution is 0.0542. The number of ether oxygens (including phenoxy) is 1. The molecule has 1 unspecified atom stereocenters. The number of rotatable bonds is 7. The number of aromatic nitrogens is 2. The van der Waals surface area contributed by atoms with E-state index < -0.39 is 10.0 Å². The number of sulfonamides is 1. The molecule has 1 amide bonds. The van der Waals surface area contributed by atoms with Gasteiger partial charge in [0.25, 0.3) is 5.91 Å². The highest BCUT2D eigenvalue weighted by atomic mass is 32.2. The average molecular weight is 570 g/mol. The molecule has 0 radical (unpaired) electrons. The van der Waals surface area contributed by atoms with Crippen LogP contribution in [0.25, 0.3) is 0 Å². The molecule has 40 heavy (non-hydrogen) atoms. The van der Waals surface area contributed by atoms with Gasteiger partial charge in [0.05, 0.1) is 12.9 Å². The topological polar surface area (TPSA) is 95.9 Å². The quantitative estimate of drug-likeness (QED) is 0.505. The van der Waals surface area contributed by atoms with Gasteiger partial charge in [0.15, 0.2) is 0 Å². The normalized spacial score (nSPS) is 21.3. The van der Waals surface area contributed by atoms with Crippen molar-refractivity contribution in [2.24, 2.45) is 5.92 Å². The minimum absolute atomic E-state index is 0.00566. The van der Waals surface area contributed by atoms with Gasteiger partial charge in [-0.05, 0) is 89.4 Å². The summed E-state index contributed by atoms with van der Waals surface area (Å²) in [6.07, 6.45) is 7.61. The predicted molar refractivity (Wildman–Crippen MR) is 155 cm³/mol. The number of nitrogens with zero attached hydrogens (tertiary/aromatic N) is 5. The average Bonchev–Trinajstić information content (AvgIpc) is 2.96. The lowest BCUT2D eigenvalue weighted by atomic mass is 9.91. The SMILES string of the molecule is Cc1nc(CCC2COc3ccccc3C2)c(C)c(C(=O)N2CCC(N3CCC(N(C)S(C)(=O)=O)CC3)CC2)n1. The van der Waals surface area contributed by atoms with Gasteiger partial charge in [-0.25, -0.2) is 22.7 Å². The molecule has 1 aromatic carbocycles. The molecule has 2 fully saturated rings. The van der Waals surface area contributed by atoms with Crippen LogP contribution >= 0.6 is 0 Å². The van der Waals surface area contributed by atoms with Crippen LogP contribution in [0.1, 0.15) is 65.2 Å². The minimum atomic E-state index is -3.16. The number of carbonyl (C=O) groups excluding carboxylic acids is 1. The van der Waals surface area contributed by atoms with E-state index in [2.05, 4.69) is 22.0 Å². The van der Waals surface area contributed by atoms with Crippen LogP contribution in [0.3, 0.4) is 0 Å². The number of hydrogen-bond donors (Lipinski definition) is 0. The van der Waals surface area contributed by atoms with Crippen LogP contribution in [-0.4, -0.2) is 96.6 Å². The van der Waals surface area contributed by atoms with Crippen molar-refractivity contribution in [3.63, 3.8) is 0 Å². The van der Waals surface area contributed by atoms with E-state index in [1.54, 1.807) is 7.05 Å². The van der Waals surface area contributed by atoms with E-state index in [-0.39, 0.29) is 11.9 Å². The number of amides is 1. The summed E-state index contributed by atoms with van der Waals surface area (Å²) in [5.41, 5.74) is 3.66. The Hall–Kier alpha value is -2.56. The molecule has 9 nitrogen and oxygen atoms in total. The fraction of sp³-hybridized carbons (Fsp3) is 0.633. The molecule has 0 spiro atoms. The van der Waals surface area contributed by atoms with Crippen LogP contribution in [0, 0.1) is 19.8 Å². The third-order valence-electron chi connectivity index (χ3n) is 9.11. The van der Waals surface area contributed by atoms with Crippen molar-refractivity contribution < 1.29 is 17.9 Å². The van der Waals surface area contributed by atoms with Gasteiger partial charge in [-0.2, -0.15) is 0 Å². The van der Waals surface area contributed by atoms with E-state index >= 15 is 0 Å². The van der Waals surface area contributed by atoms with Crippen LogP contribution in [0.2, 0.25) is 0 Å². The summed E-state index contributed by atoms with van der Waals surface area (Å²) in [5, 5.41) is 0. The highest BCUT2D eigenvalue weighted by Gasteiger charge is 2.33. The Morgan fingerprint density at radius 1 is 1.05 bits per heavy atom. The Bertz CT molecular complexity index is 1320. The first-order valence-corrected chi connectivity index (χ1v) is 16.5. The fourth-order valence-electron chi connectivity index (χ4n) is 6.52. The lowest BCUT2D eigenvalue weighted by Gasteiger charge is -2.43. The molecular weight excluding hydrogens is 526 g/mol. The zero-order valence-electron chi connectivity index (χ0n) is 24.3. The largest absolute Gasteiger partial charge is 0.493 e. The van der Waals surface area contributed by atoms with Crippen molar-refractivity contribution in [3.05, 3.63) is 52.6 Å². The van der Waals surface area contributed by atoms with Crippen molar-refractivity contribution in [2.45, 2.75) is 70.9 Å². The molecule has 10 heteroatoms. The van der Waals surface area contributed by atoms with Gasteiger partial charge in [-0.3, -0.25) is 4.79 Å². The Balaban J connectivity index is 1.15. The maximum Gasteiger partial charge on any atom is 0.272 e. The van der Waals surface area contributed by atoms with Crippen molar-refractivity contribution in [1.82, 2.24) is 24.1 Å². The third-order valence-corrected chi connectivity index (χ3v) is 10.5. The van der Waals surface area contributed by atoms with Gasteiger partial charge in [0.2, 0.25) is 10.0 Å². The van der Waals surface area contributed by atoms with E-state index in [0.29, 0.717) is 43.2 Å². The number of para-hydroxylation sites is 1. The second-order valence-electron chi connectivity index (χ2n) is 11.8. The highest BCUT2D eigenvalue weighted by molar-refractivity contribution is 7.88. The number of aryl methyl sites for hydroxylation is 2. The molecule has 0 aliphatic carbocycles. The summed E-state index contributed by atoms with van der Waals surface area (Å²) >= 11 is 0. The number of likely N-dealkylation sites (tertiary alicyclic amines) is 2. The molecule has 218 valence electrons. The van der Waals surface area contributed by atoms with Crippen molar-refractivity contribution in [1.29, 1.82) is 0 Å². The van der Waals surface area contributed by atoms with Crippen molar-refractivity contribution in [2.75, 3.05) is 46.1 Å². The van der Waals surface area contributed by atoms with E-state index in [1.807, 2.05) is 30.9 Å². The van der Waals surface area contributed by atoms with Crippen molar-refractivity contribution in [3.8, 4) is 5.75 Å². The number of hydrogen-bond acceptors (Lipinski definition) is 7. The molecule has 3 aliphatic rings. The number of fused-ring (bicyclic) bond motifs is 1. The maximum absolute atomic E-state index is 13.6. The van der Waals surface area contributed by atoms with Gasteiger partial charge < -0.3 is 14.5 Å². The standard InChI is InChI=1S/C30H43N5O4S/c1-21-27(10-9-23-19-24-7-5-6-8-28(24)39-20-23)31-22(2)32-29(21)30(36)35-17-13-26(14-18-35)34-15-11-25(12-16-34)33(3)40(4,37)38/h5-8,23,25-26H,9-20H2,1-4H3. The molecule has 1 atom stereocenters. The number of carbonyl (C=O) groups is 1. The molecule has 1 aromatic heterocycles. The first-order chi connectivity index (χ1) is 19.1. The monoisotopic (exact) mass is 569 g/mol. The molecule has 4 heterocycles. The number of piperidine rings is 2. The Morgan fingerprint density at radius 3 is 2.45 bits per heavy atom. The first-order valence-electron chi connectivity index (χ1n) is 14.6. The predicted octanol–water partition coefficient (Wildman–Crippen LogP) is 3.24. The molecule has 2 aromatic rings. The second-order valence-corrected chi connectivity index (χ2v) is 13.8. The second kappa shape index (κ2) is 12.1. The summed E-state index contributed by atoms with van der Waals surface area (Å²) in [6.45, 7) is 7.79. The summed E-state index contributed by atoms with van der Waals surface area (Å²) in [5.74, 6) is 2.07. The van der Waals surface area contributed by atoms with Gasteiger partial charge in [-0.15, -0.1) is 0 Å². The fourth-order valence-corrected chi connectivity index (χ4v) is 7.28. The lowest BCUT2D eigenvalue weighted by Crippen LogP contribution is -2.52. The molecule has 3 aliphatic heterocycles. The van der Waals surface area contributed by atoms with Gasteiger partial charge in [0, 0.05) is 43.5 Å². The molecule has 2 saturated heterocycles. The third kappa shape index (κ3) is 6.50. The first kappa shape index (κ1) is 29.0. The van der Waals surface area contributed by atoms with E-state index in [9.17, 15) is 13.2 Å². The highest BCUT2D eigenvalue weighted by Crippen LogP contribution is 2.30. The summed E-state index contributed by atoms with van der Waals surface area (Å²) < 4.78 is 31.3. The van der Waals surface area contributed by atoms with Gasteiger partial charge in [-0.1, -0.05) is 18.2 Å². The molecule has 5 rings (SSSR count). The van der Waals surface area contributed by atoms with Gasteiger partial charge >= 0.3 is 0 Å².